The molecule has 0 aliphatic heterocycles. The van der Waals surface area contributed by atoms with Crippen LogP contribution < -0.4 is 10.6 Å². The number of benzene rings is 2. The number of anilines is 2. The lowest BCUT2D eigenvalue weighted by molar-refractivity contribution is -0.115. The van der Waals surface area contributed by atoms with Crippen molar-refractivity contribution in [2.75, 3.05) is 10.6 Å². The van der Waals surface area contributed by atoms with E-state index in [9.17, 15) is 4.79 Å². The molecule has 0 atom stereocenters. The summed E-state index contributed by atoms with van der Waals surface area (Å²) in [5.74, 6) is 0.865. The number of para-hydroxylation sites is 1. The summed E-state index contributed by atoms with van der Waals surface area (Å²) in [5.41, 5.74) is 2.78. The number of rotatable bonds is 6. The van der Waals surface area contributed by atoms with Gasteiger partial charge in [-0.15, -0.1) is 0 Å². The van der Waals surface area contributed by atoms with Gasteiger partial charge in [0.2, 0.25) is 5.91 Å². The van der Waals surface area contributed by atoms with Gasteiger partial charge in [-0.1, -0.05) is 30.3 Å². The summed E-state index contributed by atoms with van der Waals surface area (Å²) in [6.07, 6.45) is 2.01. The molecule has 0 saturated heterocycles. The van der Waals surface area contributed by atoms with Gasteiger partial charge in [-0.2, -0.15) is 0 Å². The molecule has 116 valence electrons. The van der Waals surface area contributed by atoms with Gasteiger partial charge in [-0.25, -0.2) is 0 Å². The smallest absolute Gasteiger partial charge is 0.228 e. The third-order valence-electron chi connectivity index (χ3n) is 3.42. The van der Waals surface area contributed by atoms with Crippen molar-refractivity contribution in [3.8, 4) is 0 Å². The first-order valence-corrected chi connectivity index (χ1v) is 7.50. The highest BCUT2D eigenvalue weighted by Gasteiger charge is 2.04. The normalized spacial score (nSPS) is 10.3. The Morgan fingerprint density at radius 3 is 2.35 bits per heavy atom. The van der Waals surface area contributed by atoms with E-state index in [4.69, 9.17) is 4.42 Å². The first kappa shape index (κ1) is 14.9. The number of nitrogens with one attached hydrogen (secondary N) is 2. The number of furan rings is 1. The predicted octanol–water partition coefficient (Wildman–Crippen LogP) is 4.07. The van der Waals surface area contributed by atoms with E-state index in [1.165, 1.54) is 0 Å². The van der Waals surface area contributed by atoms with Crippen molar-refractivity contribution in [1.82, 2.24) is 0 Å². The van der Waals surface area contributed by atoms with Crippen molar-refractivity contribution in [3.63, 3.8) is 0 Å². The second-order valence-electron chi connectivity index (χ2n) is 5.22. The lowest BCUT2D eigenvalue weighted by Gasteiger charge is -2.07. The summed E-state index contributed by atoms with van der Waals surface area (Å²) in [4.78, 5) is 12.0. The Bertz CT molecular complexity index is 735. The van der Waals surface area contributed by atoms with E-state index < -0.39 is 0 Å². The van der Waals surface area contributed by atoms with E-state index in [1.54, 1.807) is 6.26 Å². The Kier molecular flexibility index (Phi) is 4.74. The molecule has 0 unspecified atom stereocenters. The van der Waals surface area contributed by atoms with Crippen molar-refractivity contribution >= 4 is 17.3 Å². The number of hydrogen-bond acceptors (Lipinski definition) is 3. The Balaban J connectivity index is 1.51. The molecule has 0 aliphatic rings. The summed E-state index contributed by atoms with van der Waals surface area (Å²) >= 11 is 0. The van der Waals surface area contributed by atoms with Crippen LogP contribution in [-0.4, -0.2) is 5.91 Å². The number of carbonyl (C=O) groups excluding carboxylic acids is 1. The van der Waals surface area contributed by atoms with Crippen LogP contribution in [-0.2, 0) is 17.8 Å². The number of amides is 1. The summed E-state index contributed by atoms with van der Waals surface area (Å²) < 4.78 is 5.27. The fourth-order valence-electron chi connectivity index (χ4n) is 2.25. The average Bonchev–Trinajstić information content (AvgIpc) is 3.08. The molecule has 0 bridgehead atoms. The molecule has 4 heteroatoms. The molecule has 4 nitrogen and oxygen atoms in total. The van der Waals surface area contributed by atoms with E-state index in [0.29, 0.717) is 13.0 Å². The Hall–Kier alpha value is -3.01. The van der Waals surface area contributed by atoms with Crippen molar-refractivity contribution in [3.05, 3.63) is 84.3 Å². The van der Waals surface area contributed by atoms with Gasteiger partial charge in [0.25, 0.3) is 0 Å². The number of hydrogen-bond donors (Lipinski definition) is 2. The molecule has 0 fully saturated rings. The van der Waals surface area contributed by atoms with E-state index >= 15 is 0 Å². The second-order valence-corrected chi connectivity index (χ2v) is 5.22. The van der Waals surface area contributed by atoms with Crippen LogP contribution in [0.4, 0.5) is 11.4 Å². The average molecular weight is 306 g/mol. The highest BCUT2D eigenvalue weighted by atomic mass is 16.3. The van der Waals surface area contributed by atoms with Crippen LogP contribution in [0.15, 0.2) is 77.4 Å². The van der Waals surface area contributed by atoms with Gasteiger partial charge in [-0.05, 0) is 42.0 Å². The Morgan fingerprint density at radius 2 is 1.65 bits per heavy atom. The summed E-state index contributed by atoms with van der Waals surface area (Å²) in [6.45, 7) is 0.640. The molecule has 0 radical (unpaired) electrons. The highest BCUT2D eigenvalue weighted by Crippen LogP contribution is 2.13. The fourth-order valence-corrected chi connectivity index (χ4v) is 2.25. The highest BCUT2D eigenvalue weighted by molar-refractivity contribution is 5.92. The summed E-state index contributed by atoms with van der Waals surface area (Å²) in [6, 6.07) is 21.1. The molecular weight excluding hydrogens is 288 g/mol. The van der Waals surface area contributed by atoms with Crippen LogP contribution in [0.5, 0.6) is 0 Å². The summed E-state index contributed by atoms with van der Waals surface area (Å²) in [5, 5.41) is 6.15. The Labute approximate surface area is 135 Å². The molecular formula is C19H18N2O2. The van der Waals surface area contributed by atoms with Gasteiger partial charge in [0.15, 0.2) is 0 Å². The molecule has 1 heterocycles. The molecule has 0 aliphatic carbocycles. The maximum Gasteiger partial charge on any atom is 0.228 e. The molecule has 2 N–H and O–H groups in total. The predicted molar refractivity (Wildman–Crippen MR) is 91.3 cm³/mol. The van der Waals surface area contributed by atoms with Crippen molar-refractivity contribution in [2.45, 2.75) is 13.0 Å². The zero-order valence-corrected chi connectivity index (χ0v) is 12.7. The topological polar surface area (TPSA) is 54.3 Å². The maximum absolute atomic E-state index is 12.0. The third-order valence-corrected chi connectivity index (χ3v) is 3.42. The zero-order chi connectivity index (χ0) is 15.9. The van der Waals surface area contributed by atoms with Crippen molar-refractivity contribution in [1.29, 1.82) is 0 Å². The monoisotopic (exact) mass is 306 g/mol. The van der Waals surface area contributed by atoms with E-state index in [-0.39, 0.29) is 5.91 Å². The summed E-state index contributed by atoms with van der Waals surface area (Å²) in [7, 11) is 0. The second kappa shape index (κ2) is 7.31. The standard InChI is InChI=1S/C19H18N2O2/c22-19(21-17-5-2-1-3-6-17)13-15-8-10-16(11-9-15)20-14-18-7-4-12-23-18/h1-12,20H,13-14H2,(H,21,22). The van der Waals surface area contributed by atoms with Crippen molar-refractivity contribution < 1.29 is 9.21 Å². The van der Waals surface area contributed by atoms with Crippen LogP contribution in [0.3, 0.4) is 0 Å². The largest absolute Gasteiger partial charge is 0.467 e. The molecule has 0 saturated carbocycles. The van der Waals surface area contributed by atoms with E-state index in [1.807, 2.05) is 66.7 Å². The van der Waals surface area contributed by atoms with E-state index in [2.05, 4.69) is 10.6 Å². The minimum absolute atomic E-state index is 0.0208. The van der Waals surface area contributed by atoms with Crippen LogP contribution in [0.1, 0.15) is 11.3 Å². The lowest BCUT2D eigenvalue weighted by Crippen LogP contribution is -2.14. The molecule has 3 rings (SSSR count). The lowest BCUT2D eigenvalue weighted by atomic mass is 10.1. The van der Waals surface area contributed by atoms with E-state index in [0.717, 1.165) is 22.7 Å². The Morgan fingerprint density at radius 1 is 0.870 bits per heavy atom. The van der Waals surface area contributed by atoms with Gasteiger partial charge < -0.3 is 15.1 Å². The molecule has 23 heavy (non-hydrogen) atoms. The molecule has 0 spiro atoms. The van der Waals surface area contributed by atoms with Gasteiger partial charge in [0, 0.05) is 11.4 Å². The van der Waals surface area contributed by atoms with Crippen LogP contribution in [0.25, 0.3) is 0 Å². The van der Waals surface area contributed by atoms with Gasteiger partial charge in [0.05, 0.1) is 19.2 Å². The number of carbonyl (C=O) groups is 1. The van der Waals surface area contributed by atoms with Crippen LogP contribution in [0.2, 0.25) is 0 Å². The SMILES string of the molecule is O=C(Cc1ccc(NCc2ccco2)cc1)Nc1ccccc1. The minimum atomic E-state index is -0.0208. The molecule has 2 aromatic carbocycles. The zero-order valence-electron chi connectivity index (χ0n) is 12.7. The minimum Gasteiger partial charge on any atom is -0.467 e. The van der Waals surface area contributed by atoms with Crippen LogP contribution in [0, 0.1) is 0 Å². The van der Waals surface area contributed by atoms with Crippen LogP contribution >= 0.6 is 0 Å². The van der Waals surface area contributed by atoms with Gasteiger partial charge in [-0.3, -0.25) is 4.79 Å². The first-order chi connectivity index (χ1) is 11.3. The molecule has 1 aromatic heterocycles. The van der Waals surface area contributed by atoms with Gasteiger partial charge >= 0.3 is 0 Å². The third kappa shape index (κ3) is 4.48. The molecule has 1 amide bonds. The van der Waals surface area contributed by atoms with Crippen molar-refractivity contribution in [2.24, 2.45) is 0 Å². The molecule has 3 aromatic rings. The quantitative estimate of drug-likeness (QED) is 0.721. The van der Waals surface area contributed by atoms with Gasteiger partial charge in [0.1, 0.15) is 5.76 Å². The maximum atomic E-state index is 12.0. The fraction of sp³-hybridized carbons (Fsp3) is 0.105. The first-order valence-electron chi connectivity index (χ1n) is 7.50.